The summed E-state index contributed by atoms with van der Waals surface area (Å²) in [5.74, 6) is 1.30. The van der Waals surface area contributed by atoms with Crippen LogP contribution in [0.5, 0.6) is 0 Å². The van der Waals surface area contributed by atoms with Gasteiger partial charge in [-0.1, -0.05) is 27.7 Å². The van der Waals surface area contributed by atoms with Gasteiger partial charge in [0.1, 0.15) is 0 Å². The maximum atomic E-state index is 11.0. The summed E-state index contributed by atoms with van der Waals surface area (Å²) in [6, 6.07) is 0. The highest BCUT2D eigenvalue weighted by atomic mass is 32.2. The molecule has 2 atom stereocenters. The predicted octanol–water partition coefficient (Wildman–Crippen LogP) is 0.544. The fraction of sp³-hybridized carbons (Fsp3) is 0.889. The van der Waals surface area contributed by atoms with Crippen LogP contribution in [-0.2, 0) is 19.1 Å². The van der Waals surface area contributed by atoms with E-state index < -0.39 is 12.2 Å². The van der Waals surface area contributed by atoms with Crippen LogP contribution in [0.15, 0.2) is 0 Å². The van der Waals surface area contributed by atoms with Crippen molar-refractivity contribution >= 4 is 35.5 Å². The SMILES string of the molecule is CC(C)COC(=O)CSCC(O)CO.CC(C)COC(=O)CSCC(O)CO. The molecule has 4 N–H and O–H groups in total. The summed E-state index contributed by atoms with van der Waals surface area (Å²) in [5, 5.41) is 34.9. The van der Waals surface area contributed by atoms with Gasteiger partial charge in [-0.3, -0.25) is 9.59 Å². The van der Waals surface area contributed by atoms with Gasteiger partial charge in [0.15, 0.2) is 0 Å². The van der Waals surface area contributed by atoms with E-state index in [-0.39, 0.29) is 36.7 Å². The molecule has 0 saturated heterocycles. The number of hydrogen-bond acceptors (Lipinski definition) is 10. The lowest BCUT2D eigenvalue weighted by Gasteiger charge is -2.08. The molecule has 168 valence electrons. The van der Waals surface area contributed by atoms with Gasteiger partial charge in [0.2, 0.25) is 0 Å². The Kier molecular flexibility index (Phi) is 21.0. The van der Waals surface area contributed by atoms with E-state index in [0.29, 0.717) is 36.6 Å². The highest BCUT2D eigenvalue weighted by Crippen LogP contribution is 2.05. The summed E-state index contributed by atoms with van der Waals surface area (Å²) in [7, 11) is 0. The monoisotopic (exact) mass is 444 g/mol. The first-order chi connectivity index (χ1) is 13.1. The van der Waals surface area contributed by atoms with Crippen molar-refractivity contribution in [2.75, 3.05) is 49.4 Å². The zero-order valence-electron chi connectivity index (χ0n) is 17.2. The van der Waals surface area contributed by atoms with E-state index in [1.807, 2.05) is 27.7 Å². The Bertz CT molecular complexity index is 358. The topological polar surface area (TPSA) is 134 Å². The highest BCUT2D eigenvalue weighted by Gasteiger charge is 2.08. The zero-order valence-corrected chi connectivity index (χ0v) is 18.8. The standard InChI is InChI=1S/2C9H18O4S/c2*1-7(2)4-13-9(12)6-14-5-8(11)3-10/h2*7-8,10-11H,3-6H2,1-2H3. The molecule has 0 rings (SSSR count). The Hall–Kier alpha value is -0.520. The first-order valence-corrected chi connectivity index (χ1v) is 11.5. The number of aliphatic hydroxyl groups excluding tert-OH is 4. The molecule has 0 aromatic rings. The van der Waals surface area contributed by atoms with Crippen molar-refractivity contribution in [1.82, 2.24) is 0 Å². The quantitative estimate of drug-likeness (QED) is 0.281. The van der Waals surface area contributed by atoms with Crippen molar-refractivity contribution in [2.45, 2.75) is 39.9 Å². The third-order valence-corrected chi connectivity index (χ3v) is 4.76. The molecule has 0 fully saturated rings. The van der Waals surface area contributed by atoms with Gasteiger partial charge in [-0.25, -0.2) is 0 Å². The third-order valence-electron chi connectivity index (χ3n) is 2.64. The first-order valence-electron chi connectivity index (χ1n) is 9.16. The van der Waals surface area contributed by atoms with Gasteiger partial charge in [-0.05, 0) is 11.8 Å². The fourth-order valence-electron chi connectivity index (χ4n) is 1.26. The molecule has 0 bridgehead atoms. The minimum absolute atomic E-state index is 0.226. The van der Waals surface area contributed by atoms with Crippen molar-refractivity contribution in [1.29, 1.82) is 0 Å². The van der Waals surface area contributed by atoms with E-state index in [4.69, 9.17) is 29.9 Å². The molecule has 28 heavy (non-hydrogen) atoms. The van der Waals surface area contributed by atoms with Crippen LogP contribution in [0.3, 0.4) is 0 Å². The van der Waals surface area contributed by atoms with Crippen LogP contribution in [0, 0.1) is 11.8 Å². The summed E-state index contributed by atoms with van der Waals surface area (Å²) in [6.45, 7) is 8.20. The third kappa shape index (κ3) is 23.5. The largest absolute Gasteiger partial charge is 0.465 e. The fourth-order valence-corrected chi connectivity index (χ4v) is 2.76. The van der Waals surface area contributed by atoms with Crippen LogP contribution in [0.25, 0.3) is 0 Å². The molecular formula is C18H36O8S2. The van der Waals surface area contributed by atoms with Crippen molar-refractivity contribution in [3.05, 3.63) is 0 Å². The minimum atomic E-state index is -0.752. The lowest BCUT2D eigenvalue weighted by atomic mass is 10.2. The van der Waals surface area contributed by atoms with Gasteiger partial charge in [0, 0.05) is 11.5 Å². The lowest BCUT2D eigenvalue weighted by molar-refractivity contribution is -0.142. The number of ether oxygens (including phenoxy) is 2. The molecular weight excluding hydrogens is 408 g/mol. The molecule has 10 heteroatoms. The van der Waals surface area contributed by atoms with Gasteiger partial charge >= 0.3 is 11.9 Å². The van der Waals surface area contributed by atoms with E-state index >= 15 is 0 Å². The second kappa shape index (κ2) is 19.8. The van der Waals surface area contributed by atoms with Gasteiger partial charge in [-0.2, -0.15) is 0 Å². The Labute approximate surface area is 176 Å². The molecule has 2 unspecified atom stereocenters. The second-order valence-corrected chi connectivity index (χ2v) is 8.92. The van der Waals surface area contributed by atoms with Crippen LogP contribution in [0.4, 0.5) is 0 Å². The van der Waals surface area contributed by atoms with Crippen LogP contribution in [0.1, 0.15) is 27.7 Å². The maximum Gasteiger partial charge on any atom is 0.315 e. The number of rotatable bonds is 14. The van der Waals surface area contributed by atoms with Crippen molar-refractivity contribution in [3.63, 3.8) is 0 Å². The molecule has 8 nitrogen and oxygen atoms in total. The normalized spacial score (nSPS) is 12.9. The number of esters is 2. The van der Waals surface area contributed by atoms with Crippen LogP contribution in [-0.4, -0.2) is 94.0 Å². The molecule has 0 aliphatic rings. The molecule has 0 aromatic heterocycles. The molecule has 0 aliphatic carbocycles. The summed E-state index contributed by atoms with van der Waals surface area (Å²) in [5.41, 5.74) is 0. The zero-order chi connectivity index (χ0) is 21.9. The summed E-state index contributed by atoms with van der Waals surface area (Å²) in [6.07, 6.45) is -1.50. The number of aliphatic hydroxyl groups is 4. The Morgan fingerprint density at radius 3 is 1.32 bits per heavy atom. The average Bonchev–Trinajstić information content (AvgIpc) is 2.64. The lowest BCUT2D eigenvalue weighted by Crippen LogP contribution is -2.17. The van der Waals surface area contributed by atoms with Crippen molar-refractivity contribution in [2.24, 2.45) is 11.8 Å². The molecule has 0 spiro atoms. The predicted molar refractivity (Wildman–Crippen MR) is 112 cm³/mol. The van der Waals surface area contributed by atoms with E-state index in [1.165, 1.54) is 23.5 Å². The molecule has 0 amide bonds. The molecule has 0 radical (unpaired) electrons. The van der Waals surface area contributed by atoms with Crippen molar-refractivity contribution < 1.29 is 39.5 Å². The van der Waals surface area contributed by atoms with E-state index in [1.54, 1.807) is 0 Å². The second-order valence-electron chi connectivity index (χ2n) is 6.86. The molecule has 0 aromatic carbocycles. The van der Waals surface area contributed by atoms with E-state index in [2.05, 4.69) is 0 Å². The molecule has 0 saturated carbocycles. The summed E-state index contributed by atoms with van der Waals surface area (Å²) < 4.78 is 9.83. The minimum Gasteiger partial charge on any atom is -0.465 e. The Balaban J connectivity index is 0. The van der Waals surface area contributed by atoms with Crippen LogP contribution < -0.4 is 0 Å². The molecule has 0 aliphatic heterocycles. The van der Waals surface area contributed by atoms with Crippen LogP contribution >= 0.6 is 23.5 Å². The number of carbonyl (C=O) groups excluding carboxylic acids is 2. The first kappa shape index (κ1) is 29.7. The van der Waals surface area contributed by atoms with Gasteiger partial charge in [0.05, 0.1) is 50.1 Å². The molecule has 0 heterocycles. The Morgan fingerprint density at radius 2 is 1.07 bits per heavy atom. The van der Waals surface area contributed by atoms with Gasteiger partial charge in [-0.15, -0.1) is 23.5 Å². The maximum absolute atomic E-state index is 11.0. The smallest absolute Gasteiger partial charge is 0.315 e. The van der Waals surface area contributed by atoms with Gasteiger partial charge < -0.3 is 29.9 Å². The number of thioether (sulfide) groups is 2. The highest BCUT2D eigenvalue weighted by molar-refractivity contribution is 8.00. The van der Waals surface area contributed by atoms with Gasteiger partial charge in [0.25, 0.3) is 0 Å². The number of hydrogen-bond donors (Lipinski definition) is 4. The summed E-state index contributed by atoms with van der Waals surface area (Å²) >= 11 is 2.52. The average molecular weight is 445 g/mol. The summed E-state index contributed by atoms with van der Waals surface area (Å²) in [4.78, 5) is 22.1. The van der Waals surface area contributed by atoms with Crippen LogP contribution in [0.2, 0.25) is 0 Å². The Morgan fingerprint density at radius 1 is 0.750 bits per heavy atom. The van der Waals surface area contributed by atoms with E-state index in [0.717, 1.165) is 0 Å². The van der Waals surface area contributed by atoms with Crippen molar-refractivity contribution in [3.8, 4) is 0 Å². The van der Waals surface area contributed by atoms with E-state index in [9.17, 15) is 9.59 Å². The number of carbonyl (C=O) groups is 2.